The van der Waals surface area contributed by atoms with Crippen LogP contribution in [0.3, 0.4) is 0 Å². The second-order valence-electron chi connectivity index (χ2n) is 8.44. The van der Waals surface area contributed by atoms with Gasteiger partial charge in [-0.15, -0.1) is 0 Å². The van der Waals surface area contributed by atoms with Gasteiger partial charge in [0, 0.05) is 17.3 Å². The number of hydrogen-bond donors (Lipinski definition) is 1. The highest BCUT2D eigenvalue weighted by Gasteiger charge is 2.38. The smallest absolute Gasteiger partial charge is 0.308 e. The first-order chi connectivity index (χ1) is 16.1. The van der Waals surface area contributed by atoms with Gasteiger partial charge in [-0.1, -0.05) is 42.5 Å². The molecular formula is C26H26N4O3. The minimum atomic E-state index is -0.155. The van der Waals surface area contributed by atoms with Crippen LogP contribution < -0.4 is 10.5 Å². The molecule has 5 rings (SSSR count). The number of nitrogens with two attached hydrogens (primary N) is 1. The van der Waals surface area contributed by atoms with Crippen LogP contribution in [-0.2, 0) is 16.1 Å². The maximum absolute atomic E-state index is 11.9. The fourth-order valence-corrected chi connectivity index (χ4v) is 4.71. The Bertz CT molecular complexity index is 1310. The van der Waals surface area contributed by atoms with E-state index in [2.05, 4.69) is 21.5 Å². The van der Waals surface area contributed by atoms with Crippen LogP contribution in [0.4, 0.5) is 5.82 Å². The van der Waals surface area contributed by atoms with Crippen LogP contribution in [0, 0.1) is 12.8 Å². The van der Waals surface area contributed by atoms with Crippen molar-refractivity contribution in [3.63, 3.8) is 0 Å². The summed E-state index contributed by atoms with van der Waals surface area (Å²) >= 11 is 0. The average molecular weight is 443 g/mol. The minimum Gasteiger partial charge on any atom is -0.489 e. The minimum absolute atomic E-state index is 0.0748. The Balaban J connectivity index is 1.51. The maximum atomic E-state index is 11.9. The highest BCUT2D eigenvalue weighted by Crippen LogP contribution is 2.45. The summed E-state index contributed by atoms with van der Waals surface area (Å²) < 4.78 is 13.2. The van der Waals surface area contributed by atoms with E-state index in [1.807, 2.05) is 54.6 Å². The Morgan fingerprint density at radius 1 is 1.12 bits per heavy atom. The molecule has 1 aliphatic carbocycles. The summed E-state index contributed by atoms with van der Waals surface area (Å²) in [5, 5.41) is 0.830. The molecule has 33 heavy (non-hydrogen) atoms. The highest BCUT2D eigenvalue weighted by atomic mass is 16.5. The summed E-state index contributed by atoms with van der Waals surface area (Å²) in [6, 6.07) is 18.2. The number of nitrogens with zero attached hydrogens (tertiary/aromatic N) is 3. The van der Waals surface area contributed by atoms with Crippen LogP contribution in [-0.4, -0.2) is 27.6 Å². The van der Waals surface area contributed by atoms with E-state index in [9.17, 15) is 4.79 Å². The summed E-state index contributed by atoms with van der Waals surface area (Å²) in [5.41, 5.74) is 11.3. The molecule has 0 radical (unpaired) electrons. The molecule has 2 heterocycles. The predicted octanol–water partition coefficient (Wildman–Crippen LogP) is 4.69. The Morgan fingerprint density at radius 3 is 2.67 bits per heavy atom. The number of esters is 1. The Labute approximate surface area is 192 Å². The Kier molecular flexibility index (Phi) is 5.46. The van der Waals surface area contributed by atoms with Gasteiger partial charge in [0.1, 0.15) is 30.1 Å². The molecule has 2 N–H and O–H groups in total. The molecule has 1 saturated carbocycles. The van der Waals surface area contributed by atoms with Crippen molar-refractivity contribution in [2.24, 2.45) is 5.92 Å². The number of carbonyl (C=O) groups is 1. The van der Waals surface area contributed by atoms with E-state index in [1.165, 1.54) is 13.4 Å². The van der Waals surface area contributed by atoms with Gasteiger partial charge in [0.05, 0.1) is 18.4 Å². The van der Waals surface area contributed by atoms with Crippen LogP contribution in [0.2, 0.25) is 0 Å². The van der Waals surface area contributed by atoms with Gasteiger partial charge >= 0.3 is 5.97 Å². The second kappa shape index (κ2) is 8.58. The molecule has 7 nitrogen and oxygen atoms in total. The molecule has 4 aromatic rings. The van der Waals surface area contributed by atoms with E-state index in [4.69, 9.17) is 15.2 Å². The number of aromatic nitrogens is 3. The molecule has 7 heteroatoms. The summed E-state index contributed by atoms with van der Waals surface area (Å²) in [7, 11) is 1.44. The lowest BCUT2D eigenvalue weighted by molar-refractivity contribution is -0.149. The molecule has 1 aliphatic rings. The summed E-state index contributed by atoms with van der Waals surface area (Å²) in [6.07, 6.45) is 2.94. The summed E-state index contributed by atoms with van der Waals surface area (Å²) in [6.45, 7) is 2.56. The second-order valence-corrected chi connectivity index (χ2v) is 8.44. The first-order valence-electron chi connectivity index (χ1n) is 11.0. The molecule has 2 aromatic heterocycles. The molecule has 0 bridgehead atoms. The van der Waals surface area contributed by atoms with Gasteiger partial charge in [-0.25, -0.2) is 9.97 Å². The zero-order chi connectivity index (χ0) is 22.9. The summed E-state index contributed by atoms with van der Waals surface area (Å²) in [4.78, 5) is 20.7. The third-order valence-electron chi connectivity index (χ3n) is 6.44. The monoisotopic (exact) mass is 442 g/mol. The zero-order valence-corrected chi connectivity index (χ0v) is 18.7. The van der Waals surface area contributed by atoms with Crippen LogP contribution in [0.25, 0.3) is 22.2 Å². The Hall–Kier alpha value is -3.87. The van der Waals surface area contributed by atoms with Crippen molar-refractivity contribution in [3.05, 3.63) is 72.2 Å². The molecular weight excluding hydrogens is 416 g/mol. The van der Waals surface area contributed by atoms with Crippen molar-refractivity contribution in [2.75, 3.05) is 12.8 Å². The highest BCUT2D eigenvalue weighted by molar-refractivity contribution is 6.02. The molecule has 168 valence electrons. The Morgan fingerprint density at radius 2 is 1.91 bits per heavy atom. The molecule has 0 saturated heterocycles. The van der Waals surface area contributed by atoms with Crippen molar-refractivity contribution in [1.82, 2.24) is 14.5 Å². The standard InChI is InChI=1S/C26H26N4O3/c1-16-22(18-9-6-10-21(13-18)33-14-17-7-4-3-5-8-17)23-24(27)28-15-29-25(23)30(16)20-11-19(12-20)26(31)32-2/h3-10,13,15,19-20H,11-12,14H2,1-2H3,(H2,27,28,29). The third-order valence-corrected chi connectivity index (χ3v) is 6.44. The van der Waals surface area contributed by atoms with Gasteiger partial charge in [0.15, 0.2) is 0 Å². The molecule has 2 aromatic carbocycles. The van der Waals surface area contributed by atoms with Gasteiger partial charge in [-0.05, 0) is 43.0 Å². The number of benzene rings is 2. The van der Waals surface area contributed by atoms with E-state index >= 15 is 0 Å². The number of methoxy groups -OCH3 is 1. The fraction of sp³-hybridized carbons (Fsp3) is 0.269. The van der Waals surface area contributed by atoms with Gasteiger partial charge in [-0.2, -0.15) is 0 Å². The van der Waals surface area contributed by atoms with Crippen molar-refractivity contribution in [2.45, 2.75) is 32.4 Å². The van der Waals surface area contributed by atoms with Gasteiger partial charge in [-0.3, -0.25) is 4.79 Å². The quantitative estimate of drug-likeness (QED) is 0.436. The third kappa shape index (κ3) is 3.80. The number of ether oxygens (including phenoxy) is 2. The van der Waals surface area contributed by atoms with E-state index in [-0.39, 0.29) is 17.9 Å². The normalized spacial score (nSPS) is 17.5. The van der Waals surface area contributed by atoms with Gasteiger partial charge in [0.2, 0.25) is 0 Å². The lowest BCUT2D eigenvalue weighted by Crippen LogP contribution is -2.33. The molecule has 1 fully saturated rings. The van der Waals surface area contributed by atoms with E-state index in [0.717, 1.165) is 52.0 Å². The van der Waals surface area contributed by atoms with E-state index in [1.54, 1.807) is 0 Å². The molecule has 0 atom stereocenters. The van der Waals surface area contributed by atoms with Crippen LogP contribution in [0.1, 0.15) is 30.1 Å². The molecule has 0 unspecified atom stereocenters. The fourth-order valence-electron chi connectivity index (χ4n) is 4.71. The van der Waals surface area contributed by atoms with Crippen molar-refractivity contribution in [1.29, 1.82) is 0 Å². The number of nitrogen functional groups attached to an aromatic ring is 1. The number of hydrogen-bond acceptors (Lipinski definition) is 6. The van der Waals surface area contributed by atoms with Crippen molar-refractivity contribution < 1.29 is 14.3 Å². The van der Waals surface area contributed by atoms with Gasteiger partial charge in [0.25, 0.3) is 0 Å². The molecule has 0 aliphatic heterocycles. The predicted molar refractivity (Wildman–Crippen MR) is 127 cm³/mol. The number of carbonyl (C=O) groups excluding carboxylic acids is 1. The lowest BCUT2D eigenvalue weighted by Gasteiger charge is -2.35. The average Bonchev–Trinajstić information content (AvgIpc) is 3.10. The molecule has 0 spiro atoms. The van der Waals surface area contributed by atoms with Crippen LogP contribution >= 0.6 is 0 Å². The van der Waals surface area contributed by atoms with Crippen LogP contribution in [0.5, 0.6) is 5.75 Å². The largest absolute Gasteiger partial charge is 0.489 e. The van der Waals surface area contributed by atoms with Crippen molar-refractivity contribution in [3.8, 4) is 16.9 Å². The number of rotatable bonds is 6. The van der Waals surface area contributed by atoms with E-state index < -0.39 is 0 Å². The number of anilines is 1. The zero-order valence-electron chi connectivity index (χ0n) is 18.7. The first kappa shape index (κ1) is 21.0. The lowest BCUT2D eigenvalue weighted by atomic mass is 9.80. The van der Waals surface area contributed by atoms with Crippen molar-refractivity contribution >= 4 is 22.8 Å². The summed E-state index contributed by atoms with van der Waals surface area (Å²) in [5.74, 6) is 0.991. The van der Waals surface area contributed by atoms with Crippen LogP contribution in [0.15, 0.2) is 60.9 Å². The van der Waals surface area contributed by atoms with E-state index in [0.29, 0.717) is 12.4 Å². The first-order valence-corrected chi connectivity index (χ1v) is 11.0. The SMILES string of the molecule is COC(=O)C1CC(n2c(C)c(-c3cccc(OCc4ccccc4)c3)c3c(N)ncnc32)C1. The maximum Gasteiger partial charge on any atom is 0.308 e. The number of fused-ring (bicyclic) bond motifs is 1. The topological polar surface area (TPSA) is 92.3 Å². The molecule has 0 amide bonds. The van der Waals surface area contributed by atoms with Gasteiger partial charge < -0.3 is 19.8 Å².